The summed E-state index contributed by atoms with van der Waals surface area (Å²) in [5.41, 5.74) is 6.05. The first-order chi connectivity index (χ1) is 7.72. The molecule has 0 bridgehead atoms. The third kappa shape index (κ3) is 3.18. The number of nitrogens with two attached hydrogens (primary N) is 1. The first kappa shape index (κ1) is 14.4. The number of thiazole rings is 1. The van der Waals surface area contributed by atoms with Crippen LogP contribution in [-0.2, 0) is 6.42 Å². The predicted molar refractivity (Wildman–Crippen MR) is 71.9 cm³/mol. The number of carbonyl (C=O) groups excluding carboxylic acids is 1. The number of aromatic nitrogens is 1. The highest BCUT2D eigenvalue weighted by Gasteiger charge is 2.27. The van der Waals surface area contributed by atoms with Gasteiger partial charge < -0.3 is 10.6 Å². The second-order valence-electron chi connectivity index (χ2n) is 4.15. The van der Waals surface area contributed by atoms with Crippen molar-refractivity contribution >= 4 is 29.7 Å². The molecule has 1 aromatic heterocycles. The molecule has 0 aromatic carbocycles. The number of halogens is 1. The van der Waals surface area contributed by atoms with Gasteiger partial charge in [-0.1, -0.05) is 0 Å². The van der Waals surface area contributed by atoms with Gasteiger partial charge in [-0.2, -0.15) is 0 Å². The van der Waals surface area contributed by atoms with Gasteiger partial charge >= 0.3 is 0 Å². The topological polar surface area (TPSA) is 59.2 Å². The van der Waals surface area contributed by atoms with Crippen molar-refractivity contribution in [2.24, 2.45) is 5.73 Å². The molecule has 1 aliphatic heterocycles. The van der Waals surface area contributed by atoms with Crippen LogP contribution in [-0.4, -0.2) is 34.9 Å². The van der Waals surface area contributed by atoms with Crippen LogP contribution in [0.2, 0.25) is 0 Å². The van der Waals surface area contributed by atoms with Crippen LogP contribution in [0, 0.1) is 0 Å². The number of carbonyl (C=O) groups is 1. The smallest absolute Gasteiger partial charge is 0.273 e. The van der Waals surface area contributed by atoms with E-state index in [2.05, 4.69) is 11.9 Å². The second kappa shape index (κ2) is 6.33. The third-order valence-electron chi connectivity index (χ3n) is 2.94. The molecule has 1 saturated heterocycles. The van der Waals surface area contributed by atoms with Gasteiger partial charge in [0.1, 0.15) is 5.69 Å². The lowest BCUT2D eigenvalue weighted by Gasteiger charge is -2.19. The molecule has 0 aliphatic carbocycles. The molecular weight excluding hydrogens is 258 g/mol. The number of hydrogen-bond acceptors (Lipinski definition) is 4. The van der Waals surface area contributed by atoms with Crippen LogP contribution in [0.4, 0.5) is 0 Å². The maximum Gasteiger partial charge on any atom is 0.273 e. The molecule has 1 aromatic rings. The van der Waals surface area contributed by atoms with E-state index in [0.717, 1.165) is 30.8 Å². The van der Waals surface area contributed by atoms with E-state index in [1.807, 2.05) is 10.3 Å². The van der Waals surface area contributed by atoms with E-state index < -0.39 is 0 Å². The fraction of sp³-hybridized carbons (Fsp3) is 0.636. The zero-order chi connectivity index (χ0) is 11.5. The minimum atomic E-state index is 0. The standard InChI is InChI=1S/C11H17N3OS.ClH/c1-8-3-2-6-14(8)11(15)9-7-16-10(13-9)4-5-12;/h7-8H,2-6,12H2,1H3;1H. The molecule has 1 aliphatic rings. The van der Waals surface area contributed by atoms with Crippen molar-refractivity contribution in [1.82, 2.24) is 9.88 Å². The number of nitrogens with zero attached hydrogens (tertiary/aromatic N) is 2. The summed E-state index contributed by atoms with van der Waals surface area (Å²) in [5, 5.41) is 2.80. The second-order valence-corrected chi connectivity index (χ2v) is 5.10. The van der Waals surface area contributed by atoms with Crippen molar-refractivity contribution in [3.63, 3.8) is 0 Å². The Kier molecular flexibility index (Phi) is 5.36. The maximum absolute atomic E-state index is 12.1. The molecule has 1 unspecified atom stereocenters. The molecule has 17 heavy (non-hydrogen) atoms. The van der Waals surface area contributed by atoms with Crippen LogP contribution in [0.3, 0.4) is 0 Å². The Hall–Kier alpha value is -0.650. The lowest BCUT2D eigenvalue weighted by molar-refractivity contribution is 0.0742. The van der Waals surface area contributed by atoms with Gasteiger partial charge in [0.15, 0.2) is 0 Å². The van der Waals surface area contributed by atoms with Gasteiger partial charge in [0.2, 0.25) is 0 Å². The molecule has 96 valence electrons. The van der Waals surface area contributed by atoms with E-state index in [1.165, 1.54) is 11.3 Å². The van der Waals surface area contributed by atoms with Crippen LogP contribution in [0.1, 0.15) is 35.3 Å². The highest BCUT2D eigenvalue weighted by molar-refractivity contribution is 7.09. The van der Waals surface area contributed by atoms with Gasteiger partial charge in [-0.15, -0.1) is 23.7 Å². The zero-order valence-electron chi connectivity index (χ0n) is 9.89. The van der Waals surface area contributed by atoms with Gasteiger partial charge in [0.25, 0.3) is 5.91 Å². The van der Waals surface area contributed by atoms with Crippen molar-refractivity contribution in [2.45, 2.75) is 32.2 Å². The summed E-state index contributed by atoms with van der Waals surface area (Å²) in [5.74, 6) is 0.0736. The monoisotopic (exact) mass is 275 g/mol. The molecule has 0 spiro atoms. The fourth-order valence-corrected chi connectivity index (χ4v) is 2.82. The third-order valence-corrected chi connectivity index (χ3v) is 3.85. The van der Waals surface area contributed by atoms with Crippen LogP contribution in [0.15, 0.2) is 5.38 Å². The summed E-state index contributed by atoms with van der Waals surface area (Å²) in [4.78, 5) is 18.4. The largest absolute Gasteiger partial charge is 0.335 e. The van der Waals surface area contributed by atoms with E-state index >= 15 is 0 Å². The van der Waals surface area contributed by atoms with E-state index in [9.17, 15) is 4.79 Å². The Morgan fingerprint density at radius 1 is 1.71 bits per heavy atom. The normalized spacial score (nSPS) is 19.2. The predicted octanol–water partition coefficient (Wildman–Crippen LogP) is 1.69. The van der Waals surface area contributed by atoms with Crippen molar-refractivity contribution in [3.8, 4) is 0 Å². The van der Waals surface area contributed by atoms with Crippen LogP contribution < -0.4 is 5.73 Å². The van der Waals surface area contributed by atoms with Crippen molar-refractivity contribution in [3.05, 3.63) is 16.1 Å². The van der Waals surface area contributed by atoms with Crippen LogP contribution in [0.5, 0.6) is 0 Å². The Bertz CT molecular complexity index is 383. The van der Waals surface area contributed by atoms with Gasteiger partial charge in [-0.3, -0.25) is 4.79 Å². The highest BCUT2D eigenvalue weighted by Crippen LogP contribution is 2.20. The molecule has 1 fully saturated rings. The van der Waals surface area contributed by atoms with Crippen LogP contribution in [0.25, 0.3) is 0 Å². The van der Waals surface area contributed by atoms with Crippen molar-refractivity contribution < 1.29 is 4.79 Å². The lowest BCUT2D eigenvalue weighted by Crippen LogP contribution is -2.33. The van der Waals surface area contributed by atoms with Crippen molar-refractivity contribution in [1.29, 1.82) is 0 Å². The molecule has 0 saturated carbocycles. The minimum absolute atomic E-state index is 0. The Morgan fingerprint density at radius 3 is 3.06 bits per heavy atom. The first-order valence-corrected chi connectivity index (χ1v) is 6.55. The molecule has 2 N–H and O–H groups in total. The maximum atomic E-state index is 12.1. The Balaban J connectivity index is 0.00000144. The average molecular weight is 276 g/mol. The van der Waals surface area contributed by atoms with Crippen molar-refractivity contribution in [2.75, 3.05) is 13.1 Å². The summed E-state index contributed by atoms with van der Waals surface area (Å²) in [6, 6.07) is 0.354. The molecule has 1 atom stereocenters. The summed E-state index contributed by atoms with van der Waals surface area (Å²) in [7, 11) is 0. The molecule has 0 radical (unpaired) electrons. The van der Waals surface area contributed by atoms with E-state index in [4.69, 9.17) is 5.73 Å². The molecule has 6 heteroatoms. The first-order valence-electron chi connectivity index (χ1n) is 5.68. The summed E-state index contributed by atoms with van der Waals surface area (Å²) in [6.45, 7) is 3.54. The van der Waals surface area contributed by atoms with E-state index in [1.54, 1.807) is 0 Å². The Labute approximate surface area is 112 Å². The molecule has 2 heterocycles. The average Bonchev–Trinajstić information content (AvgIpc) is 2.87. The summed E-state index contributed by atoms with van der Waals surface area (Å²) < 4.78 is 0. The number of hydrogen-bond donors (Lipinski definition) is 1. The SMILES string of the molecule is CC1CCCN1C(=O)c1csc(CCN)n1.Cl. The lowest BCUT2D eigenvalue weighted by atomic mass is 10.2. The fourth-order valence-electron chi connectivity index (χ4n) is 2.03. The van der Waals surface area contributed by atoms with Gasteiger partial charge in [0, 0.05) is 24.4 Å². The molecule has 2 rings (SSSR count). The summed E-state index contributed by atoms with van der Waals surface area (Å²) in [6.07, 6.45) is 2.96. The highest BCUT2D eigenvalue weighted by atomic mass is 35.5. The molecule has 4 nitrogen and oxygen atoms in total. The van der Waals surface area contributed by atoms with Gasteiger partial charge in [-0.25, -0.2) is 4.98 Å². The van der Waals surface area contributed by atoms with E-state index in [-0.39, 0.29) is 18.3 Å². The Morgan fingerprint density at radius 2 is 2.47 bits per heavy atom. The van der Waals surface area contributed by atoms with Gasteiger partial charge in [-0.05, 0) is 26.3 Å². The number of amides is 1. The number of rotatable bonds is 3. The van der Waals surface area contributed by atoms with E-state index in [0.29, 0.717) is 18.3 Å². The molecular formula is C11H18ClN3OS. The zero-order valence-corrected chi connectivity index (χ0v) is 11.5. The summed E-state index contributed by atoms with van der Waals surface area (Å²) >= 11 is 1.52. The number of likely N-dealkylation sites (tertiary alicyclic amines) is 1. The minimum Gasteiger partial charge on any atom is -0.335 e. The van der Waals surface area contributed by atoms with Crippen LogP contribution >= 0.6 is 23.7 Å². The quantitative estimate of drug-likeness (QED) is 0.913. The molecule has 1 amide bonds. The van der Waals surface area contributed by atoms with Gasteiger partial charge in [0.05, 0.1) is 5.01 Å².